The zero-order valence-electron chi connectivity index (χ0n) is 13.4. The summed E-state index contributed by atoms with van der Waals surface area (Å²) in [5.41, 5.74) is 0.628. The van der Waals surface area contributed by atoms with Crippen molar-refractivity contribution in [1.29, 1.82) is 0 Å². The fourth-order valence-corrected chi connectivity index (χ4v) is 2.74. The maximum absolute atomic E-state index is 12.0. The van der Waals surface area contributed by atoms with Crippen LogP contribution in [0, 0.1) is 0 Å². The van der Waals surface area contributed by atoms with Gasteiger partial charge in [-0.05, 0) is 12.8 Å². The maximum atomic E-state index is 12.0. The van der Waals surface area contributed by atoms with Crippen LogP contribution in [-0.2, 0) is 4.79 Å². The molecule has 0 saturated carbocycles. The molecule has 124 valence electrons. The third kappa shape index (κ3) is 4.16. The highest BCUT2D eigenvalue weighted by atomic mass is 16.2. The molecule has 1 saturated heterocycles. The molecular formula is C18H20N4O2. The second-order valence-electron chi connectivity index (χ2n) is 5.79. The lowest BCUT2D eigenvalue weighted by atomic mass is 10.1. The number of Topliss-reactive ketones (excluding diaryl/α,β-unsaturated/α-hetero) is 1. The monoisotopic (exact) mass is 324 g/mol. The van der Waals surface area contributed by atoms with Crippen molar-refractivity contribution in [3.8, 4) is 0 Å². The van der Waals surface area contributed by atoms with E-state index in [0.717, 1.165) is 31.7 Å². The Morgan fingerprint density at radius 2 is 1.79 bits per heavy atom. The number of rotatable bonds is 6. The number of amides is 1. The molecule has 1 aliphatic heterocycles. The van der Waals surface area contributed by atoms with Crippen molar-refractivity contribution >= 4 is 23.3 Å². The molecule has 1 N–H and O–H groups in total. The highest BCUT2D eigenvalue weighted by molar-refractivity contribution is 5.99. The normalized spacial score (nSPS) is 13.8. The minimum Gasteiger partial charge on any atom is -0.356 e. The quantitative estimate of drug-likeness (QED) is 0.827. The second-order valence-corrected chi connectivity index (χ2v) is 5.79. The molecule has 1 aliphatic rings. The Balaban J connectivity index is 1.53. The van der Waals surface area contributed by atoms with Crippen molar-refractivity contribution in [2.24, 2.45) is 0 Å². The molecule has 0 spiro atoms. The van der Waals surface area contributed by atoms with Crippen molar-refractivity contribution in [1.82, 2.24) is 9.97 Å². The lowest BCUT2D eigenvalue weighted by molar-refractivity contribution is -0.116. The predicted octanol–water partition coefficient (Wildman–Crippen LogP) is 2.68. The Kier molecular flexibility index (Phi) is 5.15. The number of carbonyl (C=O) groups is 2. The van der Waals surface area contributed by atoms with E-state index in [-0.39, 0.29) is 24.5 Å². The zero-order valence-corrected chi connectivity index (χ0v) is 13.4. The molecule has 1 aromatic heterocycles. The smallest absolute Gasteiger partial charge is 0.225 e. The molecule has 0 aliphatic carbocycles. The Morgan fingerprint density at radius 3 is 2.54 bits per heavy atom. The number of ketones is 1. The molecule has 3 rings (SSSR count). The highest BCUT2D eigenvalue weighted by Gasteiger charge is 2.15. The molecule has 0 bridgehead atoms. The van der Waals surface area contributed by atoms with E-state index >= 15 is 0 Å². The van der Waals surface area contributed by atoms with E-state index in [4.69, 9.17) is 0 Å². The molecule has 2 heterocycles. The first-order valence-corrected chi connectivity index (χ1v) is 8.17. The molecule has 0 unspecified atom stereocenters. The summed E-state index contributed by atoms with van der Waals surface area (Å²) in [5.74, 6) is 1.05. The molecule has 0 radical (unpaired) electrons. The van der Waals surface area contributed by atoms with Crippen molar-refractivity contribution in [3.05, 3.63) is 48.3 Å². The summed E-state index contributed by atoms with van der Waals surface area (Å²) in [6.45, 7) is 1.96. The van der Waals surface area contributed by atoms with Crippen LogP contribution in [0.15, 0.2) is 42.7 Å². The van der Waals surface area contributed by atoms with E-state index < -0.39 is 0 Å². The number of hydrogen-bond acceptors (Lipinski definition) is 5. The third-order valence-electron chi connectivity index (χ3n) is 4.03. The Bertz CT molecular complexity index is 712. The van der Waals surface area contributed by atoms with Gasteiger partial charge in [-0.25, -0.2) is 9.97 Å². The van der Waals surface area contributed by atoms with Gasteiger partial charge in [-0.3, -0.25) is 9.59 Å². The third-order valence-corrected chi connectivity index (χ3v) is 4.03. The average Bonchev–Trinajstić information content (AvgIpc) is 3.15. The van der Waals surface area contributed by atoms with Crippen molar-refractivity contribution in [2.45, 2.75) is 25.7 Å². The molecule has 24 heavy (non-hydrogen) atoms. The van der Waals surface area contributed by atoms with Crippen LogP contribution < -0.4 is 10.2 Å². The summed E-state index contributed by atoms with van der Waals surface area (Å²) in [7, 11) is 0. The van der Waals surface area contributed by atoms with Crippen LogP contribution in [0.3, 0.4) is 0 Å². The van der Waals surface area contributed by atoms with E-state index in [0.29, 0.717) is 11.4 Å². The summed E-state index contributed by atoms with van der Waals surface area (Å²) in [6, 6.07) is 10.8. The topological polar surface area (TPSA) is 75.2 Å². The van der Waals surface area contributed by atoms with Crippen molar-refractivity contribution in [2.75, 3.05) is 23.3 Å². The number of hydrogen-bond donors (Lipinski definition) is 1. The van der Waals surface area contributed by atoms with Gasteiger partial charge in [-0.15, -0.1) is 0 Å². The number of benzene rings is 1. The van der Waals surface area contributed by atoms with E-state index in [2.05, 4.69) is 20.2 Å². The van der Waals surface area contributed by atoms with Gasteiger partial charge in [0.05, 0.1) is 0 Å². The summed E-state index contributed by atoms with van der Waals surface area (Å²) < 4.78 is 0. The number of anilines is 2. The molecule has 6 heteroatoms. The van der Waals surface area contributed by atoms with Gasteiger partial charge in [-0.2, -0.15) is 0 Å². The summed E-state index contributed by atoms with van der Waals surface area (Å²) in [4.78, 5) is 34.6. The van der Waals surface area contributed by atoms with E-state index in [9.17, 15) is 9.59 Å². The second kappa shape index (κ2) is 7.68. The lowest BCUT2D eigenvalue weighted by Gasteiger charge is -2.16. The SMILES string of the molecule is O=C(CCC(=O)c1ccccc1)Nc1cc(N2CCCC2)ncn1. The summed E-state index contributed by atoms with van der Waals surface area (Å²) >= 11 is 0. The maximum Gasteiger partial charge on any atom is 0.225 e. The van der Waals surface area contributed by atoms with Gasteiger partial charge in [0.1, 0.15) is 18.0 Å². The van der Waals surface area contributed by atoms with E-state index in [1.807, 2.05) is 18.2 Å². The van der Waals surface area contributed by atoms with Crippen molar-refractivity contribution in [3.63, 3.8) is 0 Å². The first kappa shape index (κ1) is 16.1. The Hall–Kier alpha value is -2.76. The van der Waals surface area contributed by atoms with Crippen LogP contribution in [0.25, 0.3) is 0 Å². The first-order chi connectivity index (χ1) is 11.7. The number of carbonyl (C=O) groups excluding carboxylic acids is 2. The lowest BCUT2D eigenvalue weighted by Crippen LogP contribution is -2.20. The molecule has 6 nitrogen and oxygen atoms in total. The van der Waals surface area contributed by atoms with Gasteiger partial charge in [0.2, 0.25) is 5.91 Å². The number of nitrogens with zero attached hydrogens (tertiary/aromatic N) is 3. The standard InChI is InChI=1S/C18H20N4O2/c23-15(14-6-2-1-3-7-14)8-9-18(24)21-16-12-17(20-13-19-16)22-10-4-5-11-22/h1-3,6-7,12-13H,4-5,8-11H2,(H,19,20,21,24). The molecule has 2 aromatic rings. The fourth-order valence-electron chi connectivity index (χ4n) is 2.74. The molecule has 1 aromatic carbocycles. The first-order valence-electron chi connectivity index (χ1n) is 8.17. The van der Waals surface area contributed by atoms with Gasteiger partial charge in [0.25, 0.3) is 0 Å². The van der Waals surface area contributed by atoms with Gasteiger partial charge >= 0.3 is 0 Å². The van der Waals surface area contributed by atoms with Gasteiger partial charge in [0.15, 0.2) is 5.78 Å². The summed E-state index contributed by atoms with van der Waals surface area (Å²) in [5, 5.41) is 2.74. The zero-order chi connectivity index (χ0) is 16.8. The van der Waals surface area contributed by atoms with Crippen LogP contribution in [0.4, 0.5) is 11.6 Å². The van der Waals surface area contributed by atoms with Gasteiger partial charge in [0, 0.05) is 37.6 Å². The minimum atomic E-state index is -0.217. The molecule has 1 amide bonds. The molecular weight excluding hydrogens is 304 g/mol. The van der Waals surface area contributed by atoms with Crippen molar-refractivity contribution < 1.29 is 9.59 Å². The molecule has 0 atom stereocenters. The van der Waals surface area contributed by atoms with Crippen LogP contribution in [0.5, 0.6) is 0 Å². The number of aromatic nitrogens is 2. The largest absolute Gasteiger partial charge is 0.356 e. The Labute approximate surface area is 140 Å². The Morgan fingerprint density at radius 1 is 1.04 bits per heavy atom. The number of nitrogens with one attached hydrogen (secondary N) is 1. The van der Waals surface area contributed by atoms with E-state index in [1.165, 1.54) is 6.33 Å². The van der Waals surface area contributed by atoms with Crippen LogP contribution in [-0.4, -0.2) is 34.7 Å². The predicted molar refractivity (Wildman–Crippen MR) is 92.1 cm³/mol. The van der Waals surface area contributed by atoms with Crippen LogP contribution in [0.2, 0.25) is 0 Å². The molecule has 1 fully saturated rings. The average molecular weight is 324 g/mol. The van der Waals surface area contributed by atoms with Crippen LogP contribution in [0.1, 0.15) is 36.0 Å². The van der Waals surface area contributed by atoms with Gasteiger partial charge in [-0.1, -0.05) is 30.3 Å². The minimum absolute atomic E-state index is 0.0359. The van der Waals surface area contributed by atoms with Crippen LogP contribution >= 0.6 is 0 Å². The van der Waals surface area contributed by atoms with E-state index in [1.54, 1.807) is 18.2 Å². The highest BCUT2D eigenvalue weighted by Crippen LogP contribution is 2.19. The fraction of sp³-hybridized carbons (Fsp3) is 0.333. The summed E-state index contributed by atoms with van der Waals surface area (Å²) in [6.07, 6.45) is 4.09. The van der Waals surface area contributed by atoms with Gasteiger partial charge < -0.3 is 10.2 Å².